The van der Waals surface area contributed by atoms with Crippen LogP contribution >= 0.6 is 0 Å². The molecule has 0 heterocycles. The van der Waals surface area contributed by atoms with Crippen molar-refractivity contribution in [1.29, 1.82) is 0 Å². The van der Waals surface area contributed by atoms with E-state index in [1.807, 2.05) is 0 Å². The lowest BCUT2D eigenvalue weighted by Crippen LogP contribution is -2.43. The summed E-state index contributed by atoms with van der Waals surface area (Å²) in [5, 5.41) is 1.48. The first-order valence-corrected chi connectivity index (χ1v) is 7.01. The molecule has 1 aromatic carbocycles. The highest BCUT2D eigenvalue weighted by molar-refractivity contribution is 6.70. The predicted molar refractivity (Wildman–Crippen MR) is 70.7 cm³/mol. The number of hydrogen-bond donors (Lipinski definition) is 0. The summed E-state index contributed by atoms with van der Waals surface area (Å²) in [7, 11) is 3.80. The molecule has 0 saturated carbocycles. The highest BCUT2D eigenvalue weighted by atomic mass is 28.3. The van der Waals surface area contributed by atoms with Crippen molar-refractivity contribution in [2.75, 3.05) is 14.1 Å². The lowest BCUT2D eigenvalue weighted by Gasteiger charge is -2.21. The molecule has 1 aromatic rings. The Morgan fingerprint density at radius 3 is 2.53 bits per heavy atom. The minimum atomic E-state index is -0.541. The molecular weight excluding hydrogens is 198 g/mol. The average molecular weight is 218 g/mol. The molecule has 0 saturated heterocycles. The molecule has 0 fully saturated rings. The highest BCUT2D eigenvalue weighted by Crippen LogP contribution is 2.10. The number of rotatable bonds is 4. The van der Waals surface area contributed by atoms with Crippen molar-refractivity contribution >= 4 is 19.7 Å². The van der Waals surface area contributed by atoms with Crippen LogP contribution in [0.25, 0.3) is 5.57 Å². The Labute approximate surface area is 95.1 Å². The molecular formula is C13H20NSi. The van der Waals surface area contributed by atoms with Crippen LogP contribution in [0.3, 0.4) is 0 Å². The summed E-state index contributed by atoms with van der Waals surface area (Å²) in [4.78, 5) is 0. The largest absolute Gasteiger partial charge is 0.326 e. The number of benzene rings is 1. The van der Waals surface area contributed by atoms with Crippen molar-refractivity contribution in [2.45, 2.75) is 19.9 Å². The van der Waals surface area contributed by atoms with Gasteiger partial charge in [0, 0.05) is 0 Å². The second-order valence-electron chi connectivity index (χ2n) is 4.06. The molecule has 0 amide bonds. The van der Waals surface area contributed by atoms with Gasteiger partial charge in [0.1, 0.15) is 0 Å². The molecule has 0 aliphatic heterocycles. The van der Waals surface area contributed by atoms with E-state index in [4.69, 9.17) is 0 Å². The number of nitrogens with zero attached hydrogens (tertiary/aromatic N) is 1. The van der Waals surface area contributed by atoms with E-state index >= 15 is 0 Å². The van der Waals surface area contributed by atoms with Gasteiger partial charge in [-0.05, 0) is 37.8 Å². The summed E-state index contributed by atoms with van der Waals surface area (Å²) >= 11 is 0. The molecule has 1 rings (SSSR count). The van der Waals surface area contributed by atoms with Gasteiger partial charge in [0.15, 0.2) is 8.96 Å². The molecule has 0 spiro atoms. The van der Waals surface area contributed by atoms with E-state index in [0.717, 1.165) is 5.57 Å². The van der Waals surface area contributed by atoms with Crippen LogP contribution in [-0.2, 0) is 0 Å². The average Bonchev–Trinajstić information content (AvgIpc) is 2.18. The Kier molecular flexibility index (Phi) is 4.30. The van der Waals surface area contributed by atoms with Crippen LogP contribution in [0.15, 0.2) is 30.8 Å². The zero-order valence-corrected chi connectivity index (χ0v) is 11.2. The highest BCUT2D eigenvalue weighted by Gasteiger charge is 2.14. The quantitative estimate of drug-likeness (QED) is 0.702. The van der Waals surface area contributed by atoms with Crippen molar-refractivity contribution in [3.63, 3.8) is 0 Å². The number of allylic oxidation sites excluding steroid dienone is 1. The molecule has 0 bridgehead atoms. The third-order valence-corrected chi connectivity index (χ3v) is 5.29. The van der Waals surface area contributed by atoms with Crippen molar-refractivity contribution < 1.29 is 0 Å². The van der Waals surface area contributed by atoms with E-state index in [9.17, 15) is 0 Å². The Morgan fingerprint density at radius 1 is 1.40 bits per heavy atom. The molecule has 1 radical (unpaired) electrons. The van der Waals surface area contributed by atoms with E-state index < -0.39 is 8.96 Å². The lowest BCUT2D eigenvalue weighted by atomic mass is 10.1. The maximum absolute atomic E-state index is 3.99. The van der Waals surface area contributed by atoms with E-state index in [1.54, 1.807) is 0 Å². The predicted octanol–water partition coefficient (Wildman–Crippen LogP) is 2.50. The Bertz CT molecular complexity index is 344. The van der Waals surface area contributed by atoms with Gasteiger partial charge in [0.25, 0.3) is 0 Å². The van der Waals surface area contributed by atoms with Gasteiger partial charge in [-0.1, -0.05) is 43.3 Å². The number of hydrogen-bond acceptors (Lipinski definition) is 1. The van der Waals surface area contributed by atoms with Gasteiger partial charge in [0.05, 0.1) is 0 Å². The smallest absolute Gasteiger partial charge is 0.171 e. The van der Waals surface area contributed by atoms with Gasteiger partial charge >= 0.3 is 0 Å². The lowest BCUT2D eigenvalue weighted by molar-refractivity contribution is 0.646. The van der Waals surface area contributed by atoms with Crippen LogP contribution in [0.5, 0.6) is 0 Å². The minimum Gasteiger partial charge on any atom is -0.326 e. The normalized spacial score (nSPS) is 11.1. The van der Waals surface area contributed by atoms with Crippen molar-refractivity contribution in [1.82, 2.24) is 4.57 Å². The van der Waals surface area contributed by atoms with Crippen molar-refractivity contribution in [3.8, 4) is 0 Å². The van der Waals surface area contributed by atoms with Crippen LogP contribution in [0.2, 0.25) is 6.04 Å². The molecule has 0 aliphatic rings. The van der Waals surface area contributed by atoms with Gasteiger partial charge in [-0.3, -0.25) is 0 Å². The summed E-state index contributed by atoms with van der Waals surface area (Å²) in [6, 6.07) is 10.0. The maximum atomic E-state index is 3.99. The third kappa shape index (κ3) is 3.04. The second kappa shape index (κ2) is 5.28. The van der Waals surface area contributed by atoms with E-state index in [0.29, 0.717) is 0 Å². The third-order valence-electron chi connectivity index (χ3n) is 2.56. The first kappa shape index (κ1) is 12.2. The Balaban J connectivity index is 3.03. The van der Waals surface area contributed by atoms with E-state index in [1.165, 1.54) is 16.8 Å². The van der Waals surface area contributed by atoms with Crippen LogP contribution in [-0.4, -0.2) is 27.6 Å². The van der Waals surface area contributed by atoms with Crippen LogP contribution in [0.1, 0.15) is 19.4 Å². The van der Waals surface area contributed by atoms with Crippen LogP contribution < -0.4 is 5.19 Å². The van der Waals surface area contributed by atoms with Gasteiger partial charge in [-0.15, -0.1) is 0 Å². The zero-order valence-electron chi connectivity index (χ0n) is 10.2. The van der Waals surface area contributed by atoms with Crippen LogP contribution in [0.4, 0.5) is 0 Å². The Morgan fingerprint density at radius 2 is 2.07 bits per heavy atom. The maximum Gasteiger partial charge on any atom is 0.171 e. The second-order valence-corrected chi connectivity index (χ2v) is 7.13. The first-order chi connectivity index (χ1) is 7.06. The molecule has 0 aliphatic carbocycles. The fraction of sp³-hybridized carbons (Fsp3) is 0.385. The van der Waals surface area contributed by atoms with Crippen molar-refractivity contribution in [3.05, 3.63) is 36.4 Å². The molecule has 0 aromatic heterocycles. The molecule has 0 atom stereocenters. The summed E-state index contributed by atoms with van der Waals surface area (Å²) < 4.78 is 2.36. The van der Waals surface area contributed by atoms with Crippen molar-refractivity contribution in [2.24, 2.45) is 0 Å². The fourth-order valence-corrected chi connectivity index (χ4v) is 3.91. The minimum absolute atomic E-state index is 0.541. The van der Waals surface area contributed by atoms with E-state index in [-0.39, 0.29) is 0 Å². The van der Waals surface area contributed by atoms with Gasteiger partial charge < -0.3 is 4.57 Å². The summed E-state index contributed by atoms with van der Waals surface area (Å²) in [5.74, 6) is 0. The molecule has 0 N–H and O–H groups in total. The van der Waals surface area contributed by atoms with Gasteiger partial charge in [0.2, 0.25) is 0 Å². The monoisotopic (exact) mass is 218 g/mol. The summed E-state index contributed by atoms with van der Waals surface area (Å²) in [6.45, 7) is 8.32. The standard InChI is InChI=1S/C13H20NSi/c1-6-15(14(4)5)13-9-7-8-12(10-13)11(2)3/h7-10H,2,6H2,1,3-5H3. The van der Waals surface area contributed by atoms with Crippen LogP contribution in [0, 0.1) is 0 Å². The zero-order chi connectivity index (χ0) is 11.4. The van der Waals surface area contributed by atoms with E-state index in [2.05, 4.69) is 63.4 Å². The molecule has 81 valence electrons. The fourth-order valence-electron chi connectivity index (χ4n) is 1.74. The van der Waals surface area contributed by atoms with Gasteiger partial charge in [-0.25, -0.2) is 0 Å². The molecule has 1 nitrogen and oxygen atoms in total. The summed E-state index contributed by atoms with van der Waals surface area (Å²) in [5.41, 5.74) is 2.42. The Hall–Kier alpha value is -0.863. The SMILES string of the molecule is C=C(C)c1cccc([Si](CC)N(C)C)c1. The summed E-state index contributed by atoms with van der Waals surface area (Å²) in [6.07, 6.45) is 0. The molecule has 15 heavy (non-hydrogen) atoms. The van der Waals surface area contributed by atoms with Gasteiger partial charge in [-0.2, -0.15) is 0 Å². The topological polar surface area (TPSA) is 3.24 Å². The first-order valence-electron chi connectivity index (χ1n) is 5.35. The molecule has 2 heteroatoms. The molecule has 0 unspecified atom stereocenters.